The van der Waals surface area contributed by atoms with E-state index in [9.17, 15) is 8.78 Å². The van der Waals surface area contributed by atoms with E-state index in [0.29, 0.717) is 0 Å². The highest BCUT2D eigenvalue weighted by Crippen LogP contribution is 2.53. The zero-order valence-electron chi connectivity index (χ0n) is 9.25. The summed E-state index contributed by atoms with van der Waals surface area (Å²) in [5.41, 5.74) is 6.78. The van der Waals surface area contributed by atoms with Gasteiger partial charge < -0.3 is 10.2 Å². The van der Waals surface area contributed by atoms with Gasteiger partial charge in [0.05, 0.1) is 6.26 Å². The van der Waals surface area contributed by atoms with E-state index in [-0.39, 0.29) is 19.4 Å². The Labute approximate surface area is 97.4 Å². The third-order valence-electron chi connectivity index (χ3n) is 3.65. The number of hydrogen-bond donors (Lipinski definition) is 1. The van der Waals surface area contributed by atoms with Gasteiger partial charge in [0.1, 0.15) is 5.58 Å². The van der Waals surface area contributed by atoms with Crippen LogP contribution < -0.4 is 5.73 Å². The fraction of sp³-hybridized carbons (Fsp3) is 0.385. The van der Waals surface area contributed by atoms with E-state index in [2.05, 4.69) is 0 Å². The zero-order valence-corrected chi connectivity index (χ0v) is 9.25. The van der Waals surface area contributed by atoms with Crippen LogP contribution in [0.2, 0.25) is 0 Å². The molecule has 2 aromatic rings. The Morgan fingerprint density at radius 1 is 1.24 bits per heavy atom. The molecule has 1 fully saturated rings. The summed E-state index contributed by atoms with van der Waals surface area (Å²) in [4.78, 5) is 0. The van der Waals surface area contributed by atoms with Crippen LogP contribution in [0.15, 0.2) is 34.9 Å². The van der Waals surface area contributed by atoms with E-state index in [1.54, 1.807) is 6.26 Å². The third-order valence-corrected chi connectivity index (χ3v) is 3.65. The van der Waals surface area contributed by atoms with Crippen LogP contribution in [-0.4, -0.2) is 12.5 Å². The minimum Gasteiger partial charge on any atom is -0.464 e. The molecule has 0 saturated heterocycles. The molecule has 2 nitrogen and oxygen atoms in total. The number of hydrogen-bond acceptors (Lipinski definition) is 2. The Balaban J connectivity index is 2.02. The molecule has 1 saturated carbocycles. The summed E-state index contributed by atoms with van der Waals surface area (Å²) in [6, 6.07) is 7.40. The molecule has 2 N–H and O–H groups in total. The Morgan fingerprint density at radius 3 is 2.65 bits per heavy atom. The number of alkyl halides is 2. The van der Waals surface area contributed by atoms with Crippen molar-refractivity contribution in [2.24, 2.45) is 5.73 Å². The van der Waals surface area contributed by atoms with Gasteiger partial charge in [0, 0.05) is 30.2 Å². The molecule has 0 atom stereocenters. The number of halogens is 2. The lowest BCUT2D eigenvalue weighted by atomic mass is 9.62. The first-order chi connectivity index (χ1) is 8.05. The van der Waals surface area contributed by atoms with Crippen LogP contribution in [-0.2, 0) is 5.41 Å². The second kappa shape index (κ2) is 3.29. The van der Waals surface area contributed by atoms with E-state index in [4.69, 9.17) is 10.2 Å². The zero-order chi connectivity index (χ0) is 12.1. The van der Waals surface area contributed by atoms with Gasteiger partial charge in [-0.25, -0.2) is 8.78 Å². The van der Waals surface area contributed by atoms with Crippen LogP contribution in [0.5, 0.6) is 0 Å². The average Bonchev–Trinajstić information content (AvgIpc) is 2.71. The van der Waals surface area contributed by atoms with Gasteiger partial charge in [0.25, 0.3) is 0 Å². The summed E-state index contributed by atoms with van der Waals surface area (Å²) in [7, 11) is 0. The summed E-state index contributed by atoms with van der Waals surface area (Å²) in [6.07, 6.45) is 1.29. The van der Waals surface area contributed by atoms with Crippen LogP contribution in [0, 0.1) is 0 Å². The fourth-order valence-corrected chi connectivity index (χ4v) is 2.70. The minimum absolute atomic E-state index is 0.153. The van der Waals surface area contributed by atoms with Crippen LogP contribution in [0.3, 0.4) is 0 Å². The highest BCUT2D eigenvalue weighted by Gasteiger charge is 2.56. The molecule has 1 aromatic carbocycles. The maximum Gasteiger partial charge on any atom is 0.250 e. The standard InChI is InChI=1S/C13H13F2NO/c14-13(15)6-12(7-13,8-16)10-1-2-11-9(5-10)3-4-17-11/h1-5H,6-8,16H2. The van der Waals surface area contributed by atoms with Gasteiger partial charge in [-0.2, -0.15) is 0 Å². The van der Waals surface area contributed by atoms with Gasteiger partial charge in [-0.05, 0) is 23.8 Å². The van der Waals surface area contributed by atoms with E-state index in [0.717, 1.165) is 16.5 Å². The second-order valence-corrected chi connectivity index (χ2v) is 4.87. The second-order valence-electron chi connectivity index (χ2n) is 4.87. The maximum absolute atomic E-state index is 13.1. The topological polar surface area (TPSA) is 39.2 Å². The lowest BCUT2D eigenvalue weighted by Crippen LogP contribution is -2.53. The first-order valence-corrected chi connectivity index (χ1v) is 5.60. The summed E-state index contributed by atoms with van der Waals surface area (Å²) in [6.45, 7) is 0.256. The number of nitrogens with two attached hydrogens (primary N) is 1. The molecule has 0 bridgehead atoms. The monoisotopic (exact) mass is 237 g/mol. The van der Waals surface area contributed by atoms with Crippen molar-refractivity contribution in [1.82, 2.24) is 0 Å². The highest BCUT2D eigenvalue weighted by molar-refractivity contribution is 5.78. The molecule has 90 valence electrons. The lowest BCUT2D eigenvalue weighted by Gasteiger charge is -2.47. The molecule has 3 rings (SSSR count). The molecule has 0 spiro atoms. The fourth-order valence-electron chi connectivity index (χ4n) is 2.70. The first-order valence-electron chi connectivity index (χ1n) is 5.60. The molecular formula is C13H13F2NO. The normalized spacial score (nSPS) is 21.4. The Kier molecular flexibility index (Phi) is 2.08. The van der Waals surface area contributed by atoms with Gasteiger partial charge >= 0.3 is 0 Å². The predicted octanol–water partition coefficient (Wildman–Crippen LogP) is 3.06. The van der Waals surface area contributed by atoms with Gasteiger partial charge in [0.15, 0.2) is 0 Å². The maximum atomic E-state index is 13.1. The summed E-state index contributed by atoms with van der Waals surface area (Å²) in [5.74, 6) is -2.56. The summed E-state index contributed by atoms with van der Waals surface area (Å²) >= 11 is 0. The molecule has 1 aromatic heterocycles. The first kappa shape index (κ1) is 10.7. The summed E-state index contributed by atoms with van der Waals surface area (Å²) in [5, 5.41) is 0.936. The van der Waals surface area contributed by atoms with Crippen LogP contribution >= 0.6 is 0 Å². The van der Waals surface area contributed by atoms with Crippen molar-refractivity contribution in [3.63, 3.8) is 0 Å². The molecule has 4 heteroatoms. The predicted molar refractivity (Wildman–Crippen MR) is 61.1 cm³/mol. The molecule has 1 aliphatic rings. The largest absolute Gasteiger partial charge is 0.464 e. The van der Waals surface area contributed by atoms with E-state index >= 15 is 0 Å². The van der Waals surface area contributed by atoms with Gasteiger partial charge in [0.2, 0.25) is 5.92 Å². The molecule has 1 aliphatic carbocycles. The average molecular weight is 237 g/mol. The van der Waals surface area contributed by atoms with Crippen molar-refractivity contribution in [2.45, 2.75) is 24.2 Å². The molecular weight excluding hydrogens is 224 g/mol. The van der Waals surface area contributed by atoms with E-state index < -0.39 is 11.3 Å². The van der Waals surface area contributed by atoms with E-state index in [1.165, 1.54) is 0 Å². The van der Waals surface area contributed by atoms with Gasteiger partial charge in [-0.1, -0.05) is 6.07 Å². The van der Waals surface area contributed by atoms with Crippen LogP contribution in [0.25, 0.3) is 11.0 Å². The van der Waals surface area contributed by atoms with Crippen molar-refractivity contribution in [2.75, 3.05) is 6.54 Å². The number of furan rings is 1. The Morgan fingerprint density at radius 2 is 2.00 bits per heavy atom. The smallest absolute Gasteiger partial charge is 0.250 e. The van der Waals surface area contributed by atoms with Crippen molar-refractivity contribution in [3.05, 3.63) is 36.1 Å². The van der Waals surface area contributed by atoms with Crippen LogP contribution in [0.1, 0.15) is 18.4 Å². The number of benzene rings is 1. The Bertz CT molecular complexity index is 553. The van der Waals surface area contributed by atoms with Crippen molar-refractivity contribution in [1.29, 1.82) is 0 Å². The molecule has 1 heterocycles. The molecule has 0 unspecified atom stereocenters. The quantitative estimate of drug-likeness (QED) is 0.871. The van der Waals surface area contributed by atoms with E-state index in [1.807, 2.05) is 24.3 Å². The summed E-state index contributed by atoms with van der Waals surface area (Å²) < 4.78 is 31.4. The molecule has 0 radical (unpaired) electrons. The van der Waals surface area contributed by atoms with Crippen LogP contribution in [0.4, 0.5) is 8.78 Å². The van der Waals surface area contributed by atoms with Crippen molar-refractivity contribution < 1.29 is 13.2 Å². The van der Waals surface area contributed by atoms with Crippen molar-refractivity contribution >= 4 is 11.0 Å². The number of fused-ring (bicyclic) bond motifs is 1. The molecule has 0 aliphatic heterocycles. The SMILES string of the molecule is NCC1(c2ccc3occc3c2)CC(F)(F)C1. The Hall–Kier alpha value is -1.42. The van der Waals surface area contributed by atoms with Gasteiger partial charge in [-0.15, -0.1) is 0 Å². The van der Waals surface area contributed by atoms with Crippen molar-refractivity contribution in [3.8, 4) is 0 Å². The number of rotatable bonds is 2. The molecule has 0 amide bonds. The highest BCUT2D eigenvalue weighted by atomic mass is 19.3. The van der Waals surface area contributed by atoms with Gasteiger partial charge in [-0.3, -0.25) is 0 Å². The minimum atomic E-state index is -2.56. The lowest BCUT2D eigenvalue weighted by molar-refractivity contribution is -0.123. The third kappa shape index (κ3) is 1.55. The molecule has 17 heavy (non-hydrogen) atoms.